The van der Waals surface area contributed by atoms with Crippen LogP contribution in [0, 0.1) is 0 Å². The number of morpholine rings is 1. The third-order valence-electron chi connectivity index (χ3n) is 3.38. The Kier molecular flexibility index (Phi) is 4.40. The zero-order valence-electron chi connectivity index (χ0n) is 11.6. The standard InChI is InChI=1S/C12H14F3N3O4/c1-17-10(20)7(5-16-11(17)21)4-9(19)18-2-3-22-8(6-18)12(13,14)15/h5,8H,2-4,6H2,1H3,(H,16,21). The van der Waals surface area contributed by atoms with Crippen LogP contribution < -0.4 is 11.2 Å². The van der Waals surface area contributed by atoms with Crippen LogP contribution in [0.4, 0.5) is 13.2 Å². The Morgan fingerprint density at radius 2 is 2.14 bits per heavy atom. The minimum absolute atomic E-state index is 0.0159. The van der Waals surface area contributed by atoms with Crippen molar-refractivity contribution < 1.29 is 22.7 Å². The monoisotopic (exact) mass is 321 g/mol. The number of amides is 1. The number of H-pyrrole nitrogens is 1. The summed E-state index contributed by atoms with van der Waals surface area (Å²) in [5.41, 5.74) is -1.27. The molecule has 0 radical (unpaired) electrons. The maximum Gasteiger partial charge on any atom is 0.416 e. The molecular weight excluding hydrogens is 307 g/mol. The molecule has 1 N–H and O–H groups in total. The van der Waals surface area contributed by atoms with Crippen molar-refractivity contribution >= 4 is 5.91 Å². The van der Waals surface area contributed by atoms with Gasteiger partial charge in [0.2, 0.25) is 5.91 Å². The maximum atomic E-state index is 12.6. The van der Waals surface area contributed by atoms with Crippen LogP contribution in [0.5, 0.6) is 0 Å². The molecule has 0 bridgehead atoms. The number of alkyl halides is 3. The molecule has 0 spiro atoms. The second-order valence-corrected chi connectivity index (χ2v) is 4.90. The Morgan fingerprint density at radius 3 is 2.77 bits per heavy atom. The normalized spacial score (nSPS) is 19.3. The van der Waals surface area contributed by atoms with Crippen LogP contribution in [-0.2, 0) is 23.0 Å². The fraction of sp³-hybridized carbons (Fsp3) is 0.583. The fourth-order valence-corrected chi connectivity index (χ4v) is 2.09. The second kappa shape index (κ2) is 5.95. The summed E-state index contributed by atoms with van der Waals surface area (Å²) in [6, 6.07) is 0. The van der Waals surface area contributed by atoms with E-state index in [9.17, 15) is 27.6 Å². The number of carbonyl (C=O) groups excluding carboxylic acids is 1. The van der Waals surface area contributed by atoms with Crippen molar-refractivity contribution in [1.82, 2.24) is 14.5 Å². The Hall–Kier alpha value is -2.10. The number of halogens is 3. The average Bonchev–Trinajstić information content (AvgIpc) is 2.47. The van der Waals surface area contributed by atoms with Gasteiger partial charge in [-0.3, -0.25) is 14.2 Å². The van der Waals surface area contributed by atoms with Crippen molar-refractivity contribution in [3.63, 3.8) is 0 Å². The molecular formula is C12H14F3N3O4. The molecule has 1 amide bonds. The minimum Gasteiger partial charge on any atom is -0.365 e. The highest BCUT2D eigenvalue weighted by atomic mass is 19.4. The van der Waals surface area contributed by atoms with Crippen LogP contribution in [0.3, 0.4) is 0 Å². The van der Waals surface area contributed by atoms with E-state index in [1.807, 2.05) is 0 Å². The van der Waals surface area contributed by atoms with E-state index in [0.29, 0.717) is 0 Å². The van der Waals surface area contributed by atoms with Crippen LogP contribution in [0.25, 0.3) is 0 Å². The van der Waals surface area contributed by atoms with Crippen LogP contribution >= 0.6 is 0 Å². The lowest BCUT2D eigenvalue weighted by molar-refractivity contribution is -0.236. The highest BCUT2D eigenvalue weighted by molar-refractivity contribution is 5.78. The molecule has 1 saturated heterocycles. The summed E-state index contributed by atoms with van der Waals surface area (Å²) in [5.74, 6) is -0.623. The number of aromatic nitrogens is 2. The summed E-state index contributed by atoms with van der Waals surface area (Å²) >= 11 is 0. The van der Waals surface area contributed by atoms with Crippen molar-refractivity contribution in [2.75, 3.05) is 19.7 Å². The molecule has 1 aliphatic heterocycles. The van der Waals surface area contributed by atoms with Gasteiger partial charge in [-0.2, -0.15) is 13.2 Å². The van der Waals surface area contributed by atoms with Gasteiger partial charge in [0.15, 0.2) is 6.10 Å². The SMILES string of the molecule is Cn1c(=O)[nH]cc(CC(=O)N2CCOC(C(F)(F)F)C2)c1=O. The van der Waals surface area contributed by atoms with Crippen LogP contribution in [0.2, 0.25) is 0 Å². The molecule has 2 heterocycles. The Labute approximate surface area is 122 Å². The number of ether oxygens (including phenoxy) is 1. The third-order valence-corrected chi connectivity index (χ3v) is 3.38. The molecule has 0 aliphatic carbocycles. The van der Waals surface area contributed by atoms with Gasteiger partial charge in [-0.25, -0.2) is 4.79 Å². The lowest BCUT2D eigenvalue weighted by Gasteiger charge is -2.33. The van der Waals surface area contributed by atoms with E-state index in [1.165, 1.54) is 7.05 Å². The van der Waals surface area contributed by atoms with Crippen molar-refractivity contribution in [2.45, 2.75) is 18.7 Å². The quantitative estimate of drug-likeness (QED) is 0.789. The Morgan fingerprint density at radius 1 is 1.45 bits per heavy atom. The average molecular weight is 321 g/mol. The van der Waals surface area contributed by atoms with Gasteiger partial charge in [0.05, 0.1) is 19.6 Å². The molecule has 122 valence electrons. The van der Waals surface area contributed by atoms with Gasteiger partial charge in [-0.15, -0.1) is 0 Å². The molecule has 1 unspecified atom stereocenters. The first-order valence-electron chi connectivity index (χ1n) is 6.44. The molecule has 0 aromatic carbocycles. The second-order valence-electron chi connectivity index (χ2n) is 4.90. The largest absolute Gasteiger partial charge is 0.416 e. The smallest absolute Gasteiger partial charge is 0.365 e. The summed E-state index contributed by atoms with van der Waals surface area (Å²) < 4.78 is 43.2. The lowest BCUT2D eigenvalue weighted by atomic mass is 10.2. The summed E-state index contributed by atoms with van der Waals surface area (Å²) in [6.07, 6.45) is -5.85. The Balaban J connectivity index is 2.11. The molecule has 22 heavy (non-hydrogen) atoms. The van der Waals surface area contributed by atoms with Gasteiger partial charge < -0.3 is 14.6 Å². The van der Waals surface area contributed by atoms with Crippen molar-refractivity contribution in [3.8, 4) is 0 Å². The topological polar surface area (TPSA) is 84.4 Å². The highest BCUT2D eigenvalue weighted by Crippen LogP contribution is 2.25. The first-order chi connectivity index (χ1) is 10.2. The maximum absolute atomic E-state index is 12.6. The number of hydrogen-bond donors (Lipinski definition) is 1. The first-order valence-corrected chi connectivity index (χ1v) is 6.44. The van der Waals surface area contributed by atoms with Crippen LogP contribution in [0.1, 0.15) is 5.56 Å². The Bertz CT molecular complexity index is 679. The molecule has 10 heteroatoms. The highest BCUT2D eigenvalue weighted by Gasteiger charge is 2.44. The van der Waals surface area contributed by atoms with Gasteiger partial charge >= 0.3 is 11.9 Å². The predicted octanol–water partition coefficient (Wildman–Crippen LogP) is -0.594. The molecule has 2 rings (SSSR count). The molecule has 1 aromatic heterocycles. The van der Waals surface area contributed by atoms with Gasteiger partial charge in [0.1, 0.15) is 0 Å². The fourth-order valence-electron chi connectivity index (χ4n) is 2.09. The molecule has 7 nitrogen and oxygen atoms in total. The van der Waals surface area contributed by atoms with Gasteiger partial charge in [0.25, 0.3) is 5.56 Å². The summed E-state index contributed by atoms with van der Waals surface area (Å²) in [5, 5.41) is 0. The van der Waals surface area contributed by atoms with E-state index in [2.05, 4.69) is 9.72 Å². The van der Waals surface area contributed by atoms with Crippen molar-refractivity contribution in [2.24, 2.45) is 7.05 Å². The molecule has 1 atom stereocenters. The number of nitrogens with zero attached hydrogens (tertiary/aromatic N) is 2. The molecule has 1 fully saturated rings. The number of nitrogens with one attached hydrogen (secondary N) is 1. The van der Waals surface area contributed by atoms with Gasteiger partial charge in [-0.05, 0) is 0 Å². The zero-order chi connectivity index (χ0) is 16.5. The van der Waals surface area contributed by atoms with Crippen molar-refractivity contribution in [3.05, 3.63) is 32.6 Å². The zero-order valence-corrected chi connectivity index (χ0v) is 11.6. The van der Waals surface area contributed by atoms with E-state index in [4.69, 9.17) is 0 Å². The third kappa shape index (κ3) is 3.38. The number of rotatable bonds is 2. The number of aromatic amines is 1. The summed E-state index contributed by atoms with van der Waals surface area (Å²) in [7, 11) is 1.24. The van der Waals surface area contributed by atoms with Gasteiger partial charge in [0, 0.05) is 25.4 Å². The summed E-state index contributed by atoms with van der Waals surface area (Å²) in [4.78, 5) is 38.3. The number of hydrogen-bond acceptors (Lipinski definition) is 4. The van der Waals surface area contributed by atoms with E-state index in [-0.39, 0.29) is 25.1 Å². The number of carbonyl (C=O) groups is 1. The summed E-state index contributed by atoms with van der Waals surface area (Å²) in [6.45, 7) is -0.805. The van der Waals surface area contributed by atoms with E-state index in [1.54, 1.807) is 0 Å². The lowest BCUT2D eigenvalue weighted by Crippen LogP contribution is -2.51. The van der Waals surface area contributed by atoms with Crippen molar-refractivity contribution in [1.29, 1.82) is 0 Å². The van der Waals surface area contributed by atoms with E-state index in [0.717, 1.165) is 15.7 Å². The van der Waals surface area contributed by atoms with E-state index < -0.39 is 36.0 Å². The molecule has 1 aliphatic rings. The predicted molar refractivity (Wildman–Crippen MR) is 68.4 cm³/mol. The van der Waals surface area contributed by atoms with E-state index >= 15 is 0 Å². The molecule has 1 aromatic rings. The first kappa shape index (κ1) is 16.3. The van der Waals surface area contributed by atoms with Crippen LogP contribution in [0.15, 0.2) is 15.8 Å². The van der Waals surface area contributed by atoms with Gasteiger partial charge in [-0.1, -0.05) is 0 Å². The molecule has 0 saturated carbocycles. The van der Waals surface area contributed by atoms with Crippen LogP contribution in [-0.4, -0.2) is 52.3 Å². The minimum atomic E-state index is -4.55.